The van der Waals surface area contributed by atoms with Gasteiger partial charge in [0.2, 0.25) is 5.91 Å². The molecule has 8 heteroatoms. The maximum Gasteiger partial charge on any atom is 0.228 e. The van der Waals surface area contributed by atoms with Gasteiger partial charge in [-0.1, -0.05) is 0 Å². The lowest BCUT2D eigenvalue weighted by Crippen LogP contribution is -2.31. The van der Waals surface area contributed by atoms with Gasteiger partial charge in [0.25, 0.3) is 0 Å². The summed E-state index contributed by atoms with van der Waals surface area (Å²) in [5.41, 5.74) is 1.13. The first-order valence-corrected chi connectivity index (χ1v) is 9.11. The van der Waals surface area contributed by atoms with E-state index < -0.39 is 0 Å². The van der Waals surface area contributed by atoms with E-state index in [2.05, 4.69) is 20.8 Å². The normalized spacial score (nSPS) is 20.8. The lowest BCUT2D eigenvalue weighted by molar-refractivity contribution is -0.118. The number of aryl methyl sites for hydroxylation is 1. The summed E-state index contributed by atoms with van der Waals surface area (Å²) in [7, 11) is 1.92. The Balaban J connectivity index is 0.00000182. The van der Waals surface area contributed by atoms with E-state index in [1.54, 1.807) is 18.1 Å². The molecule has 1 aromatic heterocycles. The Morgan fingerprint density at radius 2 is 2.04 bits per heavy atom. The van der Waals surface area contributed by atoms with Gasteiger partial charge in [0.1, 0.15) is 6.33 Å². The van der Waals surface area contributed by atoms with Crippen molar-refractivity contribution in [3.8, 4) is 0 Å². The number of hydrogen-bond acceptors (Lipinski definition) is 5. The highest BCUT2D eigenvalue weighted by molar-refractivity contribution is 7.99. The predicted octanol–water partition coefficient (Wildman–Crippen LogP) is 2.72. The molecule has 1 aliphatic heterocycles. The number of halogens is 1. The summed E-state index contributed by atoms with van der Waals surface area (Å²) in [4.78, 5) is 13.6. The number of nitrogens with one attached hydrogen (secondary N) is 2. The summed E-state index contributed by atoms with van der Waals surface area (Å²) in [6, 6.07) is 7.91. The molecular weight excluding hydrogens is 358 g/mol. The summed E-state index contributed by atoms with van der Waals surface area (Å²) in [5.74, 6) is 0.359. The predicted molar refractivity (Wildman–Crippen MR) is 100 cm³/mol. The van der Waals surface area contributed by atoms with Crippen molar-refractivity contribution in [2.75, 3.05) is 18.4 Å². The van der Waals surface area contributed by atoms with Crippen molar-refractivity contribution in [2.24, 2.45) is 18.4 Å². The number of nitrogens with zero attached hydrogens (tertiary/aromatic N) is 3. The van der Waals surface area contributed by atoms with Gasteiger partial charge in [-0.15, -0.1) is 22.6 Å². The summed E-state index contributed by atoms with van der Waals surface area (Å²) < 4.78 is 1.88. The van der Waals surface area contributed by atoms with Crippen LogP contribution in [0.2, 0.25) is 0 Å². The summed E-state index contributed by atoms with van der Waals surface area (Å²) in [6.07, 6.45) is 4.97. The van der Waals surface area contributed by atoms with E-state index in [1.165, 1.54) is 0 Å². The van der Waals surface area contributed by atoms with Gasteiger partial charge < -0.3 is 15.2 Å². The van der Waals surface area contributed by atoms with Crippen molar-refractivity contribution in [1.82, 2.24) is 20.1 Å². The van der Waals surface area contributed by atoms with Crippen LogP contribution in [0.4, 0.5) is 5.69 Å². The number of benzene rings is 1. The molecule has 134 valence electrons. The molecule has 0 radical (unpaired) electrons. The fourth-order valence-electron chi connectivity index (χ4n) is 3.50. The molecule has 25 heavy (non-hydrogen) atoms. The molecule has 2 heterocycles. The van der Waals surface area contributed by atoms with E-state index in [0.29, 0.717) is 0 Å². The van der Waals surface area contributed by atoms with Gasteiger partial charge in [-0.05, 0) is 73.8 Å². The molecule has 0 bridgehead atoms. The molecule has 1 unspecified atom stereocenters. The average molecular weight is 380 g/mol. The fourth-order valence-corrected chi connectivity index (χ4v) is 4.26. The Labute approximate surface area is 157 Å². The van der Waals surface area contributed by atoms with Crippen LogP contribution in [0.3, 0.4) is 0 Å². The maximum absolute atomic E-state index is 12.5. The van der Waals surface area contributed by atoms with Crippen molar-refractivity contribution in [2.45, 2.75) is 29.3 Å². The number of amides is 1. The molecule has 1 aliphatic carbocycles. The number of carbonyl (C=O) groups is 1. The smallest absolute Gasteiger partial charge is 0.228 e. The second-order valence-electron chi connectivity index (χ2n) is 6.71. The summed E-state index contributed by atoms with van der Waals surface area (Å²) >= 11 is 1.55. The summed E-state index contributed by atoms with van der Waals surface area (Å²) in [6.45, 7) is 2.08. The van der Waals surface area contributed by atoms with Crippen LogP contribution in [0.5, 0.6) is 0 Å². The monoisotopic (exact) mass is 379 g/mol. The Hall–Kier alpha value is -1.57. The first-order valence-electron chi connectivity index (χ1n) is 8.30. The average Bonchev–Trinajstić information content (AvgIpc) is 3.13. The molecule has 1 atom stereocenters. The zero-order chi connectivity index (χ0) is 16.6. The minimum Gasteiger partial charge on any atom is -0.326 e. The van der Waals surface area contributed by atoms with E-state index >= 15 is 0 Å². The van der Waals surface area contributed by atoms with Crippen molar-refractivity contribution in [1.29, 1.82) is 0 Å². The van der Waals surface area contributed by atoms with Gasteiger partial charge in [-0.2, -0.15) is 0 Å². The second kappa shape index (κ2) is 7.35. The Morgan fingerprint density at radius 1 is 1.32 bits per heavy atom. The minimum atomic E-state index is 0. The zero-order valence-electron chi connectivity index (χ0n) is 14.1. The van der Waals surface area contributed by atoms with E-state index in [-0.39, 0.29) is 29.6 Å². The van der Waals surface area contributed by atoms with Gasteiger partial charge in [0, 0.05) is 23.5 Å². The minimum absolute atomic E-state index is 0. The molecule has 4 rings (SSSR count). The van der Waals surface area contributed by atoms with Crippen LogP contribution < -0.4 is 10.6 Å². The van der Waals surface area contributed by atoms with Crippen molar-refractivity contribution in [3.05, 3.63) is 30.6 Å². The molecule has 1 spiro atoms. The third-order valence-corrected chi connectivity index (χ3v) is 6.17. The number of aromatic nitrogens is 3. The molecule has 2 aliphatic rings. The van der Waals surface area contributed by atoms with Crippen molar-refractivity contribution in [3.63, 3.8) is 0 Å². The van der Waals surface area contributed by atoms with E-state index in [0.717, 1.165) is 48.1 Å². The molecule has 6 nitrogen and oxygen atoms in total. The van der Waals surface area contributed by atoms with Crippen LogP contribution in [0.1, 0.15) is 19.3 Å². The SMILES string of the molecule is Cl.Cn1cnnc1Sc1ccc(NC(=O)C2CC23CCNCC3)cc1. The van der Waals surface area contributed by atoms with Crippen LogP contribution in [-0.2, 0) is 11.8 Å². The van der Waals surface area contributed by atoms with Gasteiger partial charge in [-0.3, -0.25) is 4.79 Å². The van der Waals surface area contributed by atoms with Gasteiger partial charge in [-0.25, -0.2) is 0 Å². The van der Waals surface area contributed by atoms with E-state index in [4.69, 9.17) is 0 Å². The van der Waals surface area contributed by atoms with Gasteiger partial charge in [0.05, 0.1) is 0 Å². The highest BCUT2D eigenvalue weighted by Gasteiger charge is 2.57. The highest BCUT2D eigenvalue weighted by atomic mass is 35.5. The first kappa shape index (κ1) is 18.2. The van der Waals surface area contributed by atoms with E-state index in [1.807, 2.05) is 35.9 Å². The topological polar surface area (TPSA) is 71.8 Å². The van der Waals surface area contributed by atoms with Crippen molar-refractivity contribution < 1.29 is 4.79 Å². The molecule has 1 aromatic carbocycles. The quantitative estimate of drug-likeness (QED) is 0.854. The van der Waals surface area contributed by atoms with Crippen LogP contribution in [0.15, 0.2) is 40.6 Å². The first-order chi connectivity index (χ1) is 11.7. The molecule has 2 fully saturated rings. The number of anilines is 1. The maximum atomic E-state index is 12.5. The fraction of sp³-hybridized carbons (Fsp3) is 0.471. The Kier molecular flexibility index (Phi) is 5.36. The van der Waals surface area contributed by atoms with Crippen LogP contribution in [0, 0.1) is 11.3 Å². The molecular formula is C17H22ClN5OS. The highest BCUT2D eigenvalue weighted by Crippen LogP contribution is 2.58. The Morgan fingerprint density at radius 3 is 2.68 bits per heavy atom. The standard InChI is InChI=1S/C17H21N5OS.ClH/c1-22-11-19-21-16(22)24-13-4-2-12(3-5-13)20-15(23)14-10-17(14)6-8-18-9-7-17;/h2-5,11,14,18H,6-10H2,1H3,(H,20,23);1H. The molecule has 1 amide bonds. The lowest BCUT2D eigenvalue weighted by atomic mass is 9.92. The zero-order valence-corrected chi connectivity index (χ0v) is 15.7. The largest absolute Gasteiger partial charge is 0.326 e. The number of hydrogen-bond donors (Lipinski definition) is 2. The lowest BCUT2D eigenvalue weighted by Gasteiger charge is -2.23. The number of piperidine rings is 1. The van der Waals surface area contributed by atoms with Gasteiger partial charge >= 0.3 is 0 Å². The third-order valence-electron chi connectivity index (χ3n) is 5.11. The number of rotatable bonds is 4. The Bertz CT molecular complexity index is 742. The van der Waals surface area contributed by atoms with Crippen LogP contribution in [-0.4, -0.2) is 33.8 Å². The molecule has 1 saturated carbocycles. The van der Waals surface area contributed by atoms with E-state index in [9.17, 15) is 4.79 Å². The van der Waals surface area contributed by atoms with Crippen LogP contribution in [0.25, 0.3) is 0 Å². The molecule has 2 N–H and O–H groups in total. The molecule has 1 saturated heterocycles. The molecule has 2 aromatic rings. The van der Waals surface area contributed by atoms with Crippen LogP contribution >= 0.6 is 24.2 Å². The van der Waals surface area contributed by atoms with Gasteiger partial charge in [0.15, 0.2) is 5.16 Å². The second-order valence-corrected chi connectivity index (χ2v) is 7.75. The number of carbonyl (C=O) groups excluding carboxylic acids is 1. The third kappa shape index (κ3) is 3.83. The summed E-state index contributed by atoms with van der Waals surface area (Å²) in [5, 5.41) is 15.2. The van der Waals surface area contributed by atoms with Crippen molar-refractivity contribution >= 4 is 35.8 Å².